The van der Waals surface area contributed by atoms with Crippen LogP contribution in [0.1, 0.15) is 24.0 Å². The minimum Gasteiger partial charge on any atom is -0.340 e. The van der Waals surface area contributed by atoms with Gasteiger partial charge >= 0.3 is 0 Å². The number of nitrogens with zero attached hydrogens (tertiary/aromatic N) is 4. The molecule has 0 aliphatic carbocycles. The zero-order valence-corrected chi connectivity index (χ0v) is 17.1. The van der Waals surface area contributed by atoms with Gasteiger partial charge in [-0.25, -0.2) is 0 Å². The summed E-state index contributed by atoms with van der Waals surface area (Å²) in [4.78, 5) is 23.5. The molecule has 0 bridgehead atoms. The summed E-state index contributed by atoms with van der Waals surface area (Å²) in [7, 11) is 3.96. The summed E-state index contributed by atoms with van der Waals surface area (Å²) < 4.78 is 0. The normalized spacial score (nSPS) is 17.6. The molecule has 1 aromatic carbocycles. The molecule has 1 atom stereocenters. The number of likely N-dealkylation sites (tertiary alicyclic amines) is 1. The molecule has 1 amide bonds. The van der Waals surface area contributed by atoms with Crippen molar-refractivity contribution in [2.45, 2.75) is 31.8 Å². The van der Waals surface area contributed by atoms with E-state index in [2.05, 4.69) is 45.1 Å². The first-order chi connectivity index (χ1) is 13.6. The summed E-state index contributed by atoms with van der Waals surface area (Å²) in [6.07, 6.45) is 6.95. The number of carbonyl (C=O) groups is 1. The average Bonchev–Trinajstić information content (AvgIpc) is 2.73. The third kappa shape index (κ3) is 6.14. The van der Waals surface area contributed by atoms with E-state index in [1.54, 1.807) is 6.20 Å². The third-order valence-corrected chi connectivity index (χ3v) is 5.56. The molecule has 1 aromatic heterocycles. The van der Waals surface area contributed by atoms with E-state index in [1.807, 2.05) is 37.3 Å². The first kappa shape index (κ1) is 20.5. The van der Waals surface area contributed by atoms with Gasteiger partial charge in [-0.3, -0.25) is 14.7 Å². The Morgan fingerprint density at radius 3 is 2.68 bits per heavy atom. The summed E-state index contributed by atoms with van der Waals surface area (Å²) in [5.41, 5.74) is 2.51. The monoisotopic (exact) mass is 380 g/mol. The highest BCUT2D eigenvalue weighted by atomic mass is 16.2. The van der Waals surface area contributed by atoms with Crippen LogP contribution in [-0.4, -0.2) is 71.9 Å². The average molecular weight is 381 g/mol. The van der Waals surface area contributed by atoms with Crippen molar-refractivity contribution in [3.05, 3.63) is 66.0 Å². The lowest BCUT2D eigenvalue weighted by atomic mass is 10.0. The van der Waals surface area contributed by atoms with E-state index in [0.717, 1.165) is 51.0 Å². The minimum atomic E-state index is 0.196. The fourth-order valence-corrected chi connectivity index (χ4v) is 3.89. The second-order valence-corrected chi connectivity index (χ2v) is 7.87. The van der Waals surface area contributed by atoms with Gasteiger partial charge in [0.2, 0.25) is 5.91 Å². The number of carbonyl (C=O) groups excluding carboxylic acids is 1. The first-order valence-electron chi connectivity index (χ1n) is 10.2. The van der Waals surface area contributed by atoms with E-state index in [9.17, 15) is 4.79 Å². The fraction of sp³-hybridized carbons (Fsp3) is 0.478. The van der Waals surface area contributed by atoms with Crippen LogP contribution in [0.4, 0.5) is 0 Å². The maximum absolute atomic E-state index is 12.8. The van der Waals surface area contributed by atoms with Crippen LogP contribution in [0.25, 0.3) is 0 Å². The Kier molecular flexibility index (Phi) is 7.57. The first-order valence-corrected chi connectivity index (χ1v) is 10.2. The lowest BCUT2D eigenvalue weighted by Gasteiger charge is -2.38. The molecular formula is C23H32N4O. The van der Waals surface area contributed by atoms with Crippen molar-refractivity contribution in [2.75, 3.05) is 40.3 Å². The second kappa shape index (κ2) is 10.3. The summed E-state index contributed by atoms with van der Waals surface area (Å²) in [6.45, 7) is 4.34. The smallest absolute Gasteiger partial charge is 0.236 e. The van der Waals surface area contributed by atoms with Gasteiger partial charge in [-0.2, -0.15) is 0 Å². The molecule has 0 unspecified atom stereocenters. The Hall–Kier alpha value is -2.24. The van der Waals surface area contributed by atoms with Gasteiger partial charge in [0.1, 0.15) is 0 Å². The van der Waals surface area contributed by atoms with Crippen LogP contribution in [0.5, 0.6) is 0 Å². The molecule has 150 valence electrons. The van der Waals surface area contributed by atoms with Crippen LogP contribution < -0.4 is 0 Å². The molecule has 0 saturated carbocycles. The molecule has 2 heterocycles. The Balaban J connectivity index is 1.45. The molecule has 1 fully saturated rings. The predicted molar refractivity (Wildman–Crippen MR) is 113 cm³/mol. The number of hydrogen-bond acceptors (Lipinski definition) is 4. The van der Waals surface area contributed by atoms with Crippen molar-refractivity contribution in [3.8, 4) is 0 Å². The molecule has 28 heavy (non-hydrogen) atoms. The number of benzene rings is 1. The molecule has 2 aromatic rings. The Morgan fingerprint density at radius 2 is 1.93 bits per heavy atom. The molecule has 0 N–H and O–H groups in total. The molecule has 5 nitrogen and oxygen atoms in total. The zero-order valence-electron chi connectivity index (χ0n) is 17.1. The van der Waals surface area contributed by atoms with Gasteiger partial charge in [0.05, 0.1) is 6.54 Å². The number of hydrogen-bond donors (Lipinski definition) is 0. The van der Waals surface area contributed by atoms with E-state index < -0.39 is 0 Å². The number of pyridine rings is 1. The van der Waals surface area contributed by atoms with Crippen molar-refractivity contribution < 1.29 is 4.79 Å². The number of piperidine rings is 1. The second-order valence-electron chi connectivity index (χ2n) is 7.87. The van der Waals surface area contributed by atoms with Crippen molar-refractivity contribution in [2.24, 2.45) is 0 Å². The van der Waals surface area contributed by atoms with Crippen LogP contribution >= 0.6 is 0 Å². The molecule has 0 spiro atoms. The topological polar surface area (TPSA) is 39.7 Å². The van der Waals surface area contributed by atoms with Crippen LogP contribution in [0.3, 0.4) is 0 Å². The third-order valence-electron chi connectivity index (χ3n) is 5.56. The van der Waals surface area contributed by atoms with Gasteiger partial charge in [0.25, 0.3) is 0 Å². The maximum Gasteiger partial charge on any atom is 0.236 e. The van der Waals surface area contributed by atoms with Gasteiger partial charge < -0.3 is 9.80 Å². The van der Waals surface area contributed by atoms with E-state index in [0.29, 0.717) is 12.6 Å². The van der Waals surface area contributed by atoms with Crippen molar-refractivity contribution in [1.82, 2.24) is 19.7 Å². The summed E-state index contributed by atoms with van der Waals surface area (Å²) in [5.74, 6) is 0.196. The molecule has 1 aliphatic rings. The van der Waals surface area contributed by atoms with E-state index >= 15 is 0 Å². The van der Waals surface area contributed by atoms with E-state index in [-0.39, 0.29) is 5.91 Å². The molecule has 1 saturated heterocycles. The molecule has 5 heteroatoms. The number of rotatable bonds is 8. The van der Waals surface area contributed by atoms with Gasteiger partial charge in [-0.1, -0.05) is 36.4 Å². The van der Waals surface area contributed by atoms with Crippen LogP contribution in [0.2, 0.25) is 0 Å². The predicted octanol–water partition coefficient (Wildman–Crippen LogP) is 2.68. The number of amides is 1. The maximum atomic E-state index is 12.8. The number of likely N-dealkylation sites (N-methyl/N-ethyl adjacent to an activating group) is 2. The lowest BCUT2D eigenvalue weighted by molar-refractivity contribution is -0.134. The molecule has 3 rings (SSSR count). The van der Waals surface area contributed by atoms with Crippen molar-refractivity contribution in [1.29, 1.82) is 0 Å². The largest absolute Gasteiger partial charge is 0.340 e. The minimum absolute atomic E-state index is 0.196. The SMILES string of the molecule is CN(CC(=O)N(C)[C@H]1CCCN(CCc2ccccc2)C1)Cc1cccnc1. The van der Waals surface area contributed by atoms with E-state index in [1.165, 1.54) is 5.56 Å². The van der Waals surface area contributed by atoms with Crippen LogP contribution in [0.15, 0.2) is 54.9 Å². The van der Waals surface area contributed by atoms with Gasteiger partial charge in [0.15, 0.2) is 0 Å². The summed E-state index contributed by atoms with van der Waals surface area (Å²) >= 11 is 0. The summed E-state index contributed by atoms with van der Waals surface area (Å²) in [5, 5.41) is 0. The lowest BCUT2D eigenvalue weighted by Crippen LogP contribution is -2.50. The van der Waals surface area contributed by atoms with Crippen molar-refractivity contribution in [3.63, 3.8) is 0 Å². The quantitative estimate of drug-likeness (QED) is 0.706. The number of aromatic nitrogens is 1. The fourth-order valence-electron chi connectivity index (χ4n) is 3.89. The Labute approximate surface area is 169 Å². The summed E-state index contributed by atoms with van der Waals surface area (Å²) in [6, 6.07) is 14.9. The van der Waals surface area contributed by atoms with Crippen molar-refractivity contribution >= 4 is 5.91 Å². The van der Waals surface area contributed by atoms with E-state index in [4.69, 9.17) is 0 Å². The van der Waals surface area contributed by atoms with Crippen LogP contribution in [-0.2, 0) is 17.8 Å². The van der Waals surface area contributed by atoms with Crippen LogP contribution in [0, 0.1) is 0 Å². The molecular weight excluding hydrogens is 348 g/mol. The zero-order chi connectivity index (χ0) is 19.8. The van der Waals surface area contributed by atoms with Gasteiger partial charge in [-0.15, -0.1) is 0 Å². The molecule has 1 aliphatic heterocycles. The highest BCUT2D eigenvalue weighted by Crippen LogP contribution is 2.16. The highest BCUT2D eigenvalue weighted by Gasteiger charge is 2.26. The Bertz CT molecular complexity index is 722. The molecule has 0 radical (unpaired) electrons. The van der Waals surface area contributed by atoms with Gasteiger partial charge in [0, 0.05) is 45.1 Å². The Morgan fingerprint density at radius 1 is 1.14 bits per heavy atom. The standard InChI is InChI=1S/C23H32N4O/c1-25(17-21-10-6-13-24-16-21)19-23(28)26(2)22-11-7-14-27(18-22)15-12-20-8-4-3-5-9-20/h3-6,8-10,13,16,22H,7,11-12,14-15,17-19H2,1-2H3/t22-/m0/s1. The highest BCUT2D eigenvalue weighted by molar-refractivity contribution is 5.78. The van der Waals surface area contributed by atoms with Gasteiger partial charge in [-0.05, 0) is 50.0 Å².